The number of halogens is 6. The van der Waals surface area contributed by atoms with Crippen LogP contribution >= 0.6 is 11.6 Å². The Labute approximate surface area is 273 Å². The largest absolute Gasteiger partial charge is 0.368 e. The minimum absolute atomic E-state index is 0.125. The molecule has 246 valence electrons. The number of carbonyl (C=O) groups excluding carboxylic acids is 1. The van der Waals surface area contributed by atoms with Gasteiger partial charge < -0.3 is 14.9 Å². The van der Waals surface area contributed by atoms with E-state index >= 15 is 8.78 Å². The number of amides is 1. The first kappa shape index (κ1) is 33.8. The molecule has 8 nitrogen and oxygen atoms in total. The lowest BCUT2D eigenvalue weighted by Gasteiger charge is -2.48. The average molecular weight is 673 g/mol. The molecule has 1 amide bonds. The van der Waals surface area contributed by atoms with Gasteiger partial charge in [-0.1, -0.05) is 32.0 Å². The summed E-state index contributed by atoms with van der Waals surface area (Å²) in [7, 11) is 0. The van der Waals surface area contributed by atoms with Crippen LogP contribution in [0.3, 0.4) is 0 Å². The van der Waals surface area contributed by atoms with Gasteiger partial charge in [-0.05, 0) is 50.5 Å². The van der Waals surface area contributed by atoms with Crippen molar-refractivity contribution in [2.45, 2.75) is 58.8 Å². The fourth-order valence-corrected chi connectivity index (χ4v) is 6.62. The van der Waals surface area contributed by atoms with E-state index in [-0.39, 0.29) is 59.6 Å². The molecule has 1 aromatic carbocycles. The lowest BCUT2D eigenvalue weighted by atomic mass is 9.94. The molecule has 4 heterocycles. The lowest BCUT2D eigenvalue weighted by molar-refractivity contribution is -0.132. The topological polar surface area (TPSA) is 96.6 Å². The Morgan fingerprint density at radius 2 is 1.68 bits per heavy atom. The van der Waals surface area contributed by atoms with Gasteiger partial charge in [0.15, 0.2) is 29.5 Å². The third-order valence-corrected chi connectivity index (χ3v) is 8.66. The van der Waals surface area contributed by atoms with Crippen molar-refractivity contribution in [1.29, 1.82) is 5.26 Å². The van der Waals surface area contributed by atoms with Crippen LogP contribution in [0.4, 0.5) is 33.5 Å². The Bertz CT molecular complexity index is 1850. The van der Waals surface area contributed by atoms with Crippen molar-refractivity contribution in [1.82, 2.24) is 19.8 Å². The Balaban J connectivity index is 1.84. The Morgan fingerprint density at radius 3 is 2.21 bits per heavy atom. The van der Waals surface area contributed by atoms with Crippen LogP contribution in [0.2, 0.25) is 5.02 Å². The van der Waals surface area contributed by atoms with Crippen molar-refractivity contribution in [3.05, 3.63) is 87.5 Å². The smallest absolute Gasteiger partial charge is 0.246 e. The monoisotopic (exact) mass is 672 g/mol. The molecule has 14 heteroatoms. The highest BCUT2D eigenvalue weighted by atomic mass is 35.5. The number of nitrogens with zero attached hydrogens (tertiary/aromatic N) is 6. The van der Waals surface area contributed by atoms with Gasteiger partial charge in [0.25, 0.3) is 0 Å². The van der Waals surface area contributed by atoms with Gasteiger partial charge in [0.1, 0.15) is 17.5 Å². The number of piperazine rings is 1. The number of hydrogen-bond acceptors (Lipinski definition) is 7. The van der Waals surface area contributed by atoms with Crippen molar-refractivity contribution in [3.63, 3.8) is 0 Å². The van der Waals surface area contributed by atoms with Gasteiger partial charge >= 0.3 is 0 Å². The van der Waals surface area contributed by atoms with E-state index in [9.17, 15) is 28.3 Å². The van der Waals surface area contributed by atoms with Crippen LogP contribution in [0, 0.1) is 47.3 Å². The zero-order valence-electron chi connectivity index (χ0n) is 26.0. The first-order valence-corrected chi connectivity index (χ1v) is 15.0. The van der Waals surface area contributed by atoms with Gasteiger partial charge in [0.05, 0.1) is 33.4 Å². The molecule has 2 aliphatic heterocycles. The van der Waals surface area contributed by atoms with E-state index in [0.717, 1.165) is 0 Å². The van der Waals surface area contributed by atoms with Crippen molar-refractivity contribution in [2.75, 3.05) is 18.0 Å². The first-order chi connectivity index (χ1) is 22.2. The summed E-state index contributed by atoms with van der Waals surface area (Å²) in [4.78, 5) is 26.1. The molecule has 47 heavy (non-hydrogen) atoms. The minimum atomic E-state index is -2.34. The Hall–Kier alpha value is -4.54. The van der Waals surface area contributed by atoms with Crippen molar-refractivity contribution >= 4 is 34.7 Å². The summed E-state index contributed by atoms with van der Waals surface area (Å²) in [5, 5.41) is 22.0. The SMILES string of the molecule is C=CC(=O)N1[C@H](C)CN(C2=C(C#N)C(O)N(c3c(C)ccnc3C(C)C)c3nc(-c4c(F)c(F)c(F)c(F)c4F)c(Cl)cc32)C[C@@H]1C. The highest BCUT2D eigenvalue weighted by Crippen LogP contribution is 2.48. The molecule has 3 atom stereocenters. The predicted octanol–water partition coefficient (Wildman–Crippen LogP) is 6.74. The van der Waals surface area contributed by atoms with Gasteiger partial charge in [-0.25, -0.2) is 26.9 Å². The number of aliphatic hydroxyl groups is 1. The maximum Gasteiger partial charge on any atom is 0.246 e. The maximum absolute atomic E-state index is 15.1. The number of pyridine rings is 2. The van der Waals surface area contributed by atoms with Gasteiger partial charge in [-0.15, -0.1) is 0 Å². The fourth-order valence-electron chi connectivity index (χ4n) is 6.37. The molecule has 2 aromatic heterocycles. The van der Waals surface area contributed by atoms with Crippen molar-refractivity contribution in [2.24, 2.45) is 0 Å². The summed E-state index contributed by atoms with van der Waals surface area (Å²) < 4.78 is 73.0. The summed E-state index contributed by atoms with van der Waals surface area (Å²) in [6.07, 6.45) is 1.02. The number of rotatable bonds is 5. The number of hydrogen-bond donors (Lipinski definition) is 1. The molecule has 1 saturated heterocycles. The molecule has 0 spiro atoms. The number of fused-ring (bicyclic) bond motifs is 1. The molecule has 0 aliphatic carbocycles. The molecule has 2 aliphatic rings. The number of benzene rings is 1. The normalized spacial score (nSPS) is 19.7. The van der Waals surface area contributed by atoms with E-state index in [4.69, 9.17) is 11.6 Å². The number of anilines is 2. The molecule has 0 bridgehead atoms. The zero-order valence-corrected chi connectivity index (χ0v) is 26.8. The second kappa shape index (κ2) is 12.6. The van der Waals surface area contributed by atoms with E-state index < -0.39 is 51.6 Å². The van der Waals surface area contributed by atoms with Crippen LogP contribution in [-0.2, 0) is 4.79 Å². The second-order valence-corrected chi connectivity index (χ2v) is 12.2. The van der Waals surface area contributed by atoms with E-state index in [0.29, 0.717) is 16.9 Å². The maximum atomic E-state index is 15.1. The zero-order chi connectivity index (χ0) is 34.6. The molecular formula is C33H30ClF5N6O2. The molecule has 3 aromatic rings. The van der Waals surface area contributed by atoms with Crippen molar-refractivity contribution < 1.29 is 31.9 Å². The average Bonchev–Trinajstić information content (AvgIpc) is 3.02. The van der Waals surface area contributed by atoms with Gasteiger partial charge in [-0.3, -0.25) is 14.7 Å². The minimum Gasteiger partial charge on any atom is -0.368 e. The molecule has 0 radical (unpaired) electrons. The number of aryl methyl sites for hydroxylation is 1. The van der Waals surface area contributed by atoms with Crippen molar-refractivity contribution in [3.8, 4) is 17.3 Å². The van der Waals surface area contributed by atoms with Crippen LogP contribution in [0.25, 0.3) is 17.0 Å². The van der Waals surface area contributed by atoms with E-state index in [1.807, 2.05) is 13.8 Å². The van der Waals surface area contributed by atoms with Gasteiger partial charge in [0.2, 0.25) is 11.7 Å². The summed E-state index contributed by atoms with van der Waals surface area (Å²) >= 11 is 6.55. The number of aromatic nitrogens is 2. The fraction of sp³-hybridized carbons (Fsp3) is 0.333. The second-order valence-electron chi connectivity index (χ2n) is 11.8. The van der Waals surface area contributed by atoms with Gasteiger partial charge in [0, 0.05) is 36.9 Å². The van der Waals surface area contributed by atoms with E-state index in [2.05, 4.69) is 22.6 Å². The van der Waals surface area contributed by atoms with Crippen LogP contribution in [0.15, 0.2) is 36.6 Å². The molecular weight excluding hydrogens is 643 g/mol. The number of nitriles is 1. The predicted molar refractivity (Wildman–Crippen MR) is 166 cm³/mol. The summed E-state index contributed by atoms with van der Waals surface area (Å²) in [6, 6.07) is 4.18. The molecule has 1 fully saturated rings. The molecule has 1 unspecified atom stereocenters. The van der Waals surface area contributed by atoms with Crippen LogP contribution in [0.1, 0.15) is 50.4 Å². The third-order valence-electron chi connectivity index (χ3n) is 8.37. The Kier molecular flexibility index (Phi) is 9.05. The highest BCUT2D eigenvalue weighted by molar-refractivity contribution is 6.33. The summed E-state index contributed by atoms with van der Waals surface area (Å²) in [5.41, 5.74) is -0.541. The number of carbonyl (C=O) groups is 1. The first-order valence-electron chi connectivity index (χ1n) is 14.6. The molecule has 1 N–H and O–H groups in total. The lowest BCUT2D eigenvalue weighted by Crippen LogP contribution is -2.58. The van der Waals surface area contributed by atoms with E-state index in [1.165, 1.54) is 17.0 Å². The van der Waals surface area contributed by atoms with Crippen LogP contribution in [0.5, 0.6) is 0 Å². The van der Waals surface area contributed by atoms with Crippen LogP contribution < -0.4 is 4.90 Å². The standard InChI is InChI=1S/C33H30ClF5N6O2/c1-7-21(46)44-16(5)12-43(13-17(44)6)31-18-10-20(34)29(22-23(35)25(37)27(39)26(38)24(22)36)42-32(18)45(33(47)19(31)11-40)30-15(4)8-9-41-28(30)14(2)3/h7-10,14,16-17,33,47H,1,12-13H2,2-6H3/t16-,17+,33?. The quantitative estimate of drug-likeness (QED) is 0.139. The number of aliphatic hydroxyl groups excluding tert-OH is 1. The third kappa shape index (κ3) is 5.39. The Morgan fingerprint density at radius 1 is 1.11 bits per heavy atom. The molecule has 0 saturated carbocycles. The van der Waals surface area contributed by atoms with E-state index in [1.54, 1.807) is 42.8 Å². The molecule has 5 rings (SSSR count). The highest BCUT2D eigenvalue weighted by Gasteiger charge is 2.42. The van der Waals surface area contributed by atoms with Gasteiger partial charge in [-0.2, -0.15) is 5.26 Å². The summed E-state index contributed by atoms with van der Waals surface area (Å²) in [5.74, 6) is -11.7. The van der Waals surface area contributed by atoms with Crippen LogP contribution in [-0.4, -0.2) is 62.2 Å². The summed E-state index contributed by atoms with van der Waals surface area (Å²) in [6.45, 7) is 13.0.